The minimum atomic E-state index is -4.65. The van der Waals surface area contributed by atoms with E-state index in [-0.39, 0.29) is 16.5 Å². The molecular formula is C11H7BrF3NO2. The van der Waals surface area contributed by atoms with Gasteiger partial charge in [-0.1, -0.05) is 15.9 Å². The summed E-state index contributed by atoms with van der Waals surface area (Å²) in [7, 11) is 1.07. The molecule has 7 heteroatoms. The van der Waals surface area contributed by atoms with Gasteiger partial charge in [0.05, 0.1) is 29.6 Å². The van der Waals surface area contributed by atoms with E-state index in [1.807, 2.05) is 0 Å². The minimum Gasteiger partial charge on any atom is -0.496 e. The zero-order valence-corrected chi connectivity index (χ0v) is 10.7. The van der Waals surface area contributed by atoms with Crippen LogP contribution < -0.4 is 4.74 Å². The first-order valence-corrected chi connectivity index (χ1v) is 5.75. The molecule has 0 aliphatic carbocycles. The van der Waals surface area contributed by atoms with Crippen molar-refractivity contribution in [2.24, 2.45) is 0 Å². The third-order valence-corrected chi connectivity index (χ3v) is 2.70. The number of halogens is 4. The Morgan fingerprint density at radius 3 is 2.50 bits per heavy atom. The third kappa shape index (κ3) is 2.82. The highest BCUT2D eigenvalue weighted by Gasteiger charge is 2.35. The van der Waals surface area contributed by atoms with Gasteiger partial charge in [0, 0.05) is 5.56 Å². The van der Waals surface area contributed by atoms with Crippen LogP contribution in [0, 0.1) is 11.3 Å². The molecule has 1 aromatic carbocycles. The number of ether oxygens (including phenoxy) is 1. The van der Waals surface area contributed by atoms with Gasteiger partial charge in [0.1, 0.15) is 5.75 Å². The van der Waals surface area contributed by atoms with Gasteiger partial charge in [0.25, 0.3) is 0 Å². The summed E-state index contributed by atoms with van der Waals surface area (Å²) in [5.41, 5.74) is -1.50. The summed E-state index contributed by atoms with van der Waals surface area (Å²) in [6.45, 7) is 0. The molecule has 0 saturated heterocycles. The van der Waals surface area contributed by atoms with E-state index in [1.165, 1.54) is 0 Å². The van der Waals surface area contributed by atoms with Crippen LogP contribution in [0.25, 0.3) is 0 Å². The summed E-state index contributed by atoms with van der Waals surface area (Å²) in [4.78, 5) is 11.5. The number of carbonyl (C=O) groups is 1. The highest BCUT2D eigenvalue weighted by Crippen LogP contribution is 2.37. The maximum atomic E-state index is 12.7. The number of alkyl halides is 4. The maximum absolute atomic E-state index is 12.7. The number of carbonyl (C=O) groups excluding carboxylic acids is 1. The Morgan fingerprint density at radius 2 is 2.11 bits per heavy atom. The van der Waals surface area contributed by atoms with E-state index < -0.39 is 23.3 Å². The number of rotatable bonds is 3. The topological polar surface area (TPSA) is 50.1 Å². The molecule has 0 aromatic heterocycles. The van der Waals surface area contributed by atoms with Crippen LogP contribution in [0.2, 0.25) is 0 Å². The lowest BCUT2D eigenvalue weighted by Gasteiger charge is -2.13. The first kappa shape index (κ1) is 14.5. The molecule has 0 aliphatic rings. The number of hydrogen-bond donors (Lipinski definition) is 0. The summed E-state index contributed by atoms with van der Waals surface area (Å²) >= 11 is 2.90. The van der Waals surface area contributed by atoms with Gasteiger partial charge in [0.2, 0.25) is 0 Å². The second kappa shape index (κ2) is 5.40. The molecular weight excluding hydrogens is 315 g/mol. The summed E-state index contributed by atoms with van der Waals surface area (Å²) in [5, 5.41) is 8.70. The van der Waals surface area contributed by atoms with E-state index in [4.69, 9.17) is 5.26 Å². The van der Waals surface area contributed by atoms with Crippen molar-refractivity contribution in [3.8, 4) is 11.8 Å². The van der Waals surface area contributed by atoms with Crippen LogP contribution >= 0.6 is 15.9 Å². The molecule has 0 amide bonds. The lowest BCUT2D eigenvalue weighted by molar-refractivity contribution is -0.138. The first-order chi connectivity index (χ1) is 8.35. The van der Waals surface area contributed by atoms with Crippen LogP contribution in [0.5, 0.6) is 5.75 Å². The van der Waals surface area contributed by atoms with E-state index in [0.29, 0.717) is 6.07 Å². The fraction of sp³-hybridized carbons (Fsp3) is 0.273. The van der Waals surface area contributed by atoms with Gasteiger partial charge in [-0.15, -0.1) is 0 Å². The summed E-state index contributed by atoms with van der Waals surface area (Å²) < 4.78 is 42.7. The third-order valence-electron chi connectivity index (χ3n) is 2.19. The maximum Gasteiger partial charge on any atom is 0.420 e. The van der Waals surface area contributed by atoms with Crippen LogP contribution in [0.3, 0.4) is 0 Å². The fourth-order valence-electron chi connectivity index (χ4n) is 1.37. The summed E-state index contributed by atoms with van der Waals surface area (Å²) in [5.74, 6) is -0.968. The minimum absolute atomic E-state index is 0.0871. The fourth-order valence-corrected chi connectivity index (χ4v) is 1.67. The molecule has 0 atom stereocenters. The zero-order valence-electron chi connectivity index (χ0n) is 9.14. The Balaban J connectivity index is 3.53. The molecule has 0 heterocycles. The van der Waals surface area contributed by atoms with Gasteiger partial charge in [0.15, 0.2) is 5.78 Å². The van der Waals surface area contributed by atoms with Crippen molar-refractivity contribution < 1.29 is 22.7 Å². The summed E-state index contributed by atoms with van der Waals surface area (Å²) in [6, 6.07) is 3.13. The molecule has 0 N–H and O–H groups in total. The predicted molar refractivity (Wildman–Crippen MR) is 60.8 cm³/mol. The Hall–Kier alpha value is -1.55. The second-order valence-electron chi connectivity index (χ2n) is 3.26. The lowest BCUT2D eigenvalue weighted by Crippen LogP contribution is -2.11. The molecule has 0 bridgehead atoms. The van der Waals surface area contributed by atoms with Crippen molar-refractivity contribution in [2.45, 2.75) is 6.18 Å². The predicted octanol–water partition coefficient (Wildman–Crippen LogP) is 3.16. The van der Waals surface area contributed by atoms with Gasteiger partial charge in [-0.2, -0.15) is 18.4 Å². The Bertz CT molecular complexity index is 520. The van der Waals surface area contributed by atoms with Crippen LogP contribution in [-0.2, 0) is 6.18 Å². The SMILES string of the molecule is COc1cc(C(=O)CBr)c(C#N)cc1C(F)(F)F. The van der Waals surface area contributed by atoms with Gasteiger partial charge >= 0.3 is 6.18 Å². The van der Waals surface area contributed by atoms with E-state index in [0.717, 1.165) is 13.2 Å². The number of ketones is 1. The molecule has 0 radical (unpaired) electrons. The van der Waals surface area contributed by atoms with Gasteiger partial charge in [-0.25, -0.2) is 0 Å². The molecule has 1 aromatic rings. The van der Waals surface area contributed by atoms with Gasteiger partial charge < -0.3 is 4.74 Å². The van der Waals surface area contributed by atoms with Gasteiger partial charge in [-0.3, -0.25) is 4.79 Å². The number of benzene rings is 1. The van der Waals surface area contributed by atoms with Crippen LogP contribution in [0.15, 0.2) is 12.1 Å². The normalized spacial score (nSPS) is 10.9. The smallest absolute Gasteiger partial charge is 0.420 e. The van der Waals surface area contributed by atoms with Crippen LogP contribution in [0.4, 0.5) is 13.2 Å². The average molecular weight is 322 g/mol. The summed E-state index contributed by atoms with van der Waals surface area (Å²) in [6.07, 6.45) is -4.65. The first-order valence-electron chi connectivity index (χ1n) is 4.63. The van der Waals surface area contributed by atoms with Gasteiger partial charge in [-0.05, 0) is 12.1 Å². The van der Waals surface area contributed by atoms with Crippen molar-refractivity contribution in [2.75, 3.05) is 12.4 Å². The van der Waals surface area contributed by atoms with Crippen LogP contribution in [-0.4, -0.2) is 18.2 Å². The molecule has 96 valence electrons. The van der Waals surface area contributed by atoms with E-state index >= 15 is 0 Å². The molecule has 0 fully saturated rings. The van der Waals surface area contributed by atoms with Crippen LogP contribution in [0.1, 0.15) is 21.5 Å². The molecule has 0 saturated carbocycles. The molecule has 0 aliphatic heterocycles. The average Bonchev–Trinajstić information content (AvgIpc) is 2.34. The lowest BCUT2D eigenvalue weighted by atomic mass is 10.0. The van der Waals surface area contributed by atoms with E-state index in [2.05, 4.69) is 20.7 Å². The second-order valence-corrected chi connectivity index (χ2v) is 3.83. The van der Waals surface area contributed by atoms with Crippen molar-refractivity contribution in [1.29, 1.82) is 5.26 Å². The molecule has 0 unspecified atom stereocenters. The standard InChI is InChI=1S/C11H7BrF3NO2/c1-18-10-3-7(9(17)4-12)6(5-16)2-8(10)11(13,14)15/h2-3H,4H2,1H3. The van der Waals surface area contributed by atoms with E-state index in [1.54, 1.807) is 6.07 Å². The van der Waals surface area contributed by atoms with Crippen molar-refractivity contribution >= 4 is 21.7 Å². The monoisotopic (exact) mass is 321 g/mol. The highest BCUT2D eigenvalue weighted by molar-refractivity contribution is 9.09. The zero-order chi connectivity index (χ0) is 13.9. The Labute approximate surface area is 109 Å². The molecule has 18 heavy (non-hydrogen) atoms. The number of methoxy groups -OCH3 is 1. The van der Waals surface area contributed by atoms with Crippen molar-refractivity contribution in [3.63, 3.8) is 0 Å². The quantitative estimate of drug-likeness (QED) is 0.634. The van der Waals surface area contributed by atoms with Crippen molar-refractivity contribution in [3.05, 3.63) is 28.8 Å². The molecule has 3 nitrogen and oxygen atoms in total. The number of nitriles is 1. The number of nitrogens with zero attached hydrogens (tertiary/aromatic N) is 1. The largest absolute Gasteiger partial charge is 0.496 e. The van der Waals surface area contributed by atoms with E-state index in [9.17, 15) is 18.0 Å². The molecule has 0 spiro atoms. The van der Waals surface area contributed by atoms with Crippen molar-refractivity contribution in [1.82, 2.24) is 0 Å². The Morgan fingerprint density at radius 1 is 1.50 bits per heavy atom. The number of hydrogen-bond acceptors (Lipinski definition) is 3. The molecule has 1 rings (SSSR count). The Kier molecular flexibility index (Phi) is 4.35. The highest BCUT2D eigenvalue weighted by atomic mass is 79.9. The number of Topliss-reactive ketones (excluding diaryl/α,β-unsaturated/α-hetero) is 1.